The van der Waals surface area contributed by atoms with E-state index < -0.39 is 5.30 Å². The number of hydrogen-bond donors (Lipinski definition) is 0. The van der Waals surface area contributed by atoms with E-state index in [1.807, 2.05) is 0 Å². The summed E-state index contributed by atoms with van der Waals surface area (Å²) in [5, 5.41) is 26.3. The van der Waals surface area contributed by atoms with Crippen molar-refractivity contribution < 1.29 is 44.5 Å². The number of nitrogens with zero attached hydrogens (tertiary/aromatic N) is 3. The molecule has 0 amide bonds. The van der Waals surface area contributed by atoms with E-state index >= 15 is 0 Å². The second-order valence-electron chi connectivity index (χ2n) is 3.68. The Bertz CT molecular complexity index is 574. The number of carbonyl (C=O) groups excluding carboxylic acids is 1. The molecule has 0 aliphatic rings. The molecule has 0 saturated carbocycles. The van der Waals surface area contributed by atoms with Gasteiger partial charge in [-0.3, -0.25) is 0 Å². The van der Waals surface area contributed by atoms with Gasteiger partial charge < -0.3 is 15.0 Å². The minimum absolute atomic E-state index is 0. The van der Waals surface area contributed by atoms with Gasteiger partial charge in [0.2, 0.25) is 0 Å². The molecule has 102 valence electrons. The number of hydrogen-bond acceptors (Lipinski definition) is 7. The molecule has 0 N–H and O–H groups in total. The molecule has 1 rings (SSSR count). The third kappa shape index (κ3) is 6.67. The molecule has 0 atom stereocenters. The van der Waals surface area contributed by atoms with Crippen LogP contribution in [-0.2, 0) is 4.89 Å². The molecule has 0 aromatic heterocycles. The number of allylic oxidation sites excluding steroid dienone is 1. The Balaban J connectivity index is 0.00000400. The fraction of sp³-hybridized carbons (Fsp3) is 0.154. The molecule has 6 nitrogen and oxygen atoms in total. The molecule has 0 saturated heterocycles. The van der Waals surface area contributed by atoms with Gasteiger partial charge in [0.05, 0.1) is 5.88 Å². The zero-order valence-electron chi connectivity index (χ0n) is 11.6. The van der Waals surface area contributed by atoms with E-state index in [-0.39, 0.29) is 41.0 Å². The number of nitriles is 2. The van der Waals surface area contributed by atoms with Crippen LogP contribution in [0, 0.1) is 22.7 Å². The summed E-state index contributed by atoms with van der Waals surface area (Å²) in [6, 6.07) is 10.6. The van der Waals surface area contributed by atoms with Gasteiger partial charge in [0.1, 0.15) is 17.7 Å². The molecule has 8 heteroatoms. The van der Waals surface area contributed by atoms with E-state index in [0.29, 0.717) is 0 Å². The van der Waals surface area contributed by atoms with Gasteiger partial charge in [-0.05, 0) is 35.5 Å². The second kappa shape index (κ2) is 10.3. The molecule has 0 fully saturated rings. The normalized spacial score (nSPS) is 8.57. The standard InChI is InChI=1S/C13H11N3O3S.Na/c1-16(9-20-13(17)19-18)12-4-2-10(3-5-12)6-11(7-14)8-15;/h2-6,18H,9H2,1H3;/q;+1/p-1. The molecule has 21 heavy (non-hydrogen) atoms. The van der Waals surface area contributed by atoms with Crippen molar-refractivity contribution in [1.29, 1.82) is 10.5 Å². The van der Waals surface area contributed by atoms with E-state index in [0.717, 1.165) is 23.0 Å². The van der Waals surface area contributed by atoms with Crippen LogP contribution in [0.3, 0.4) is 0 Å². The molecular weight excluding hydrogens is 301 g/mol. The van der Waals surface area contributed by atoms with Crippen LogP contribution >= 0.6 is 11.8 Å². The Morgan fingerprint density at radius 1 is 1.38 bits per heavy atom. The summed E-state index contributed by atoms with van der Waals surface area (Å²) < 4.78 is 0. The number of carbonyl (C=O) groups is 1. The third-order valence-electron chi connectivity index (χ3n) is 2.33. The average Bonchev–Trinajstić information content (AvgIpc) is 2.50. The average molecular weight is 311 g/mol. The summed E-state index contributed by atoms with van der Waals surface area (Å²) in [6.45, 7) is 0. The molecule has 0 spiro atoms. The Morgan fingerprint density at radius 3 is 2.43 bits per heavy atom. The smallest absolute Gasteiger partial charge is 0.661 e. The first kappa shape index (κ1) is 19.5. The minimum atomic E-state index is -0.885. The van der Waals surface area contributed by atoms with Crippen LogP contribution in [0.5, 0.6) is 0 Å². The minimum Gasteiger partial charge on any atom is -0.661 e. The fourth-order valence-electron chi connectivity index (χ4n) is 1.33. The number of benzene rings is 1. The van der Waals surface area contributed by atoms with Gasteiger partial charge in [-0.2, -0.15) is 10.5 Å². The third-order valence-corrected chi connectivity index (χ3v) is 3.15. The van der Waals surface area contributed by atoms with Gasteiger partial charge in [0.15, 0.2) is 0 Å². The zero-order chi connectivity index (χ0) is 15.0. The predicted molar refractivity (Wildman–Crippen MR) is 73.0 cm³/mol. The monoisotopic (exact) mass is 311 g/mol. The van der Waals surface area contributed by atoms with E-state index in [2.05, 4.69) is 4.89 Å². The van der Waals surface area contributed by atoms with E-state index in [4.69, 9.17) is 10.5 Å². The second-order valence-corrected chi connectivity index (χ2v) is 4.56. The summed E-state index contributed by atoms with van der Waals surface area (Å²) >= 11 is 0.756. The first-order chi connectivity index (χ1) is 9.60. The van der Waals surface area contributed by atoms with E-state index in [1.165, 1.54) is 6.08 Å². The molecule has 0 aliphatic carbocycles. The van der Waals surface area contributed by atoms with Crippen LogP contribution < -0.4 is 39.7 Å². The quantitative estimate of drug-likeness (QED) is 0.223. The Kier molecular flexibility index (Phi) is 9.55. The maximum Gasteiger partial charge on any atom is 1.00 e. The topological polar surface area (TPSA) is 100 Å². The molecular formula is C13H10N3NaO3S. The first-order valence-corrected chi connectivity index (χ1v) is 6.39. The van der Waals surface area contributed by atoms with Crippen LogP contribution in [0.1, 0.15) is 5.56 Å². The van der Waals surface area contributed by atoms with Crippen molar-refractivity contribution in [3.63, 3.8) is 0 Å². The summed E-state index contributed by atoms with van der Waals surface area (Å²) in [6.07, 6.45) is 1.48. The van der Waals surface area contributed by atoms with Crippen LogP contribution in [-0.4, -0.2) is 18.2 Å². The Labute approximate surface area is 148 Å². The number of thioether (sulfide) groups is 1. The van der Waals surface area contributed by atoms with Gasteiger partial charge in [0.25, 0.3) is 0 Å². The molecule has 1 aromatic rings. The van der Waals surface area contributed by atoms with Crippen molar-refractivity contribution in [2.45, 2.75) is 0 Å². The summed E-state index contributed by atoms with van der Waals surface area (Å²) in [5.41, 5.74) is 1.58. The Hall–Kier alpha value is -1.48. The molecule has 1 aromatic carbocycles. The van der Waals surface area contributed by atoms with Crippen molar-refractivity contribution in [2.75, 3.05) is 17.8 Å². The molecule has 0 radical (unpaired) electrons. The number of anilines is 1. The molecule has 0 bridgehead atoms. The summed E-state index contributed by atoms with van der Waals surface area (Å²) in [5.74, 6) is 0.276. The summed E-state index contributed by atoms with van der Waals surface area (Å²) in [7, 11) is 1.76. The zero-order valence-corrected chi connectivity index (χ0v) is 14.4. The van der Waals surface area contributed by atoms with Crippen LogP contribution in [0.2, 0.25) is 0 Å². The van der Waals surface area contributed by atoms with Crippen molar-refractivity contribution in [3.05, 3.63) is 35.4 Å². The predicted octanol–water partition coefficient (Wildman–Crippen LogP) is -1.34. The maximum atomic E-state index is 10.7. The Morgan fingerprint density at radius 2 is 1.95 bits per heavy atom. The fourth-order valence-corrected chi connectivity index (χ4v) is 1.83. The molecule has 0 unspecified atom stereocenters. The van der Waals surface area contributed by atoms with Gasteiger partial charge in [0, 0.05) is 12.7 Å². The SMILES string of the molecule is CN(CSC(=O)O[O-])c1ccc(C=C(C#N)C#N)cc1.[Na+]. The van der Waals surface area contributed by atoms with Crippen LogP contribution in [0.25, 0.3) is 6.08 Å². The summed E-state index contributed by atoms with van der Waals surface area (Å²) in [4.78, 5) is 15.8. The molecule has 0 heterocycles. The van der Waals surface area contributed by atoms with E-state index in [9.17, 15) is 10.1 Å². The van der Waals surface area contributed by atoms with E-state index in [1.54, 1.807) is 48.4 Å². The van der Waals surface area contributed by atoms with Gasteiger partial charge in [-0.1, -0.05) is 12.1 Å². The van der Waals surface area contributed by atoms with Crippen molar-refractivity contribution in [1.82, 2.24) is 0 Å². The van der Waals surface area contributed by atoms with Crippen LogP contribution in [0.15, 0.2) is 29.8 Å². The largest absolute Gasteiger partial charge is 1.00 e. The van der Waals surface area contributed by atoms with Crippen molar-refractivity contribution in [3.8, 4) is 12.1 Å². The first-order valence-electron chi connectivity index (χ1n) is 5.40. The van der Waals surface area contributed by atoms with Gasteiger partial charge in [-0.15, -0.1) is 0 Å². The van der Waals surface area contributed by atoms with Crippen molar-refractivity contribution >= 4 is 28.8 Å². The van der Waals surface area contributed by atoms with Crippen LogP contribution in [0.4, 0.5) is 10.5 Å². The van der Waals surface area contributed by atoms with Gasteiger partial charge >= 0.3 is 34.9 Å². The van der Waals surface area contributed by atoms with Gasteiger partial charge in [-0.25, -0.2) is 4.79 Å². The molecule has 0 aliphatic heterocycles. The maximum absolute atomic E-state index is 10.7. The number of rotatable bonds is 4. The van der Waals surface area contributed by atoms with Crippen molar-refractivity contribution in [2.24, 2.45) is 0 Å².